The van der Waals surface area contributed by atoms with Crippen LogP contribution in [-0.4, -0.2) is 25.0 Å². The summed E-state index contributed by atoms with van der Waals surface area (Å²) in [6.07, 6.45) is 0. The van der Waals surface area contributed by atoms with Crippen LogP contribution in [0.5, 0.6) is 0 Å². The SMILES string of the molecule is O=C1CN(c2cc(Cl)c(F)c(Cl)c2)CC(=O)O1. The largest absolute Gasteiger partial charge is 0.390 e. The number of ether oxygens (including phenoxy) is 1. The van der Waals surface area contributed by atoms with Crippen LogP contribution in [0.15, 0.2) is 12.1 Å². The Labute approximate surface area is 106 Å². The van der Waals surface area contributed by atoms with Crippen LogP contribution in [0.1, 0.15) is 0 Å². The maximum atomic E-state index is 13.2. The molecule has 0 N–H and O–H groups in total. The van der Waals surface area contributed by atoms with Gasteiger partial charge in [-0.1, -0.05) is 23.2 Å². The fourth-order valence-corrected chi connectivity index (χ4v) is 1.94. The quantitative estimate of drug-likeness (QED) is 0.448. The lowest BCUT2D eigenvalue weighted by atomic mass is 10.2. The third-order valence-corrected chi connectivity index (χ3v) is 2.75. The lowest BCUT2D eigenvalue weighted by molar-refractivity contribution is -0.160. The molecular formula is C10H6Cl2FNO3. The van der Waals surface area contributed by atoms with Crippen LogP contribution in [0, 0.1) is 5.82 Å². The molecule has 0 aliphatic carbocycles. The van der Waals surface area contributed by atoms with E-state index in [0.29, 0.717) is 5.69 Å². The lowest BCUT2D eigenvalue weighted by Gasteiger charge is -2.26. The summed E-state index contributed by atoms with van der Waals surface area (Å²) in [5, 5.41) is -0.335. The summed E-state index contributed by atoms with van der Waals surface area (Å²) in [6, 6.07) is 2.60. The van der Waals surface area contributed by atoms with Gasteiger partial charge in [0.25, 0.3) is 0 Å². The van der Waals surface area contributed by atoms with E-state index in [1.165, 1.54) is 17.0 Å². The van der Waals surface area contributed by atoms with Gasteiger partial charge in [-0.3, -0.25) is 0 Å². The maximum Gasteiger partial charge on any atom is 0.333 e. The van der Waals surface area contributed by atoms with Crippen molar-refractivity contribution in [1.29, 1.82) is 0 Å². The first-order valence-electron chi connectivity index (χ1n) is 4.60. The Kier molecular flexibility index (Phi) is 3.22. The van der Waals surface area contributed by atoms with E-state index in [1.807, 2.05) is 0 Å². The number of hydrogen-bond acceptors (Lipinski definition) is 4. The molecule has 1 aromatic carbocycles. The van der Waals surface area contributed by atoms with Crippen molar-refractivity contribution < 1.29 is 18.7 Å². The highest BCUT2D eigenvalue weighted by atomic mass is 35.5. The van der Waals surface area contributed by atoms with Crippen molar-refractivity contribution in [2.75, 3.05) is 18.0 Å². The van der Waals surface area contributed by atoms with E-state index in [-0.39, 0.29) is 23.1 Å². The Balaban J connectivity index is 2.34. The molecule has 0 amide bonds. The molecule has 0 saturated carbocycles. The van der Waals surface area contributed by atoms with Gasteiger partial charge in [0.05, 0.1) is 10.0 Å². The van der Waals surface area contributed by atoms with Crippen molar-refractivity contribution in [1.82, 2.24) is 0 Å². The minimum absolute atomic E-state index is 0.107. The van der Waals surface area contributed by atoms with E-state index in [4.69, 9.17) is 23.2 Å². The summed E-state index contributed by atoms with van der Waals surface area (Å²) in [4.78, 5) is 23.5. The number of carbonyl (C=O) groups excluding carboxylic acids is 2. The third-order valence-electron chi connectivity index (χ3n) is 2.20. The van der Waals surface area contributed by atoms with Gasteiger partial charge in [-0.15, -0.1) is 0 Å². The molecule has 90 valence electrons. The number of morpholine rings is 1. The Morgan fingerprint density at radius 1 is 1.12 bits per heavy atom. The summed E-state index contributed by atoms with van der Waals surface area (Å²) in [5.41, 5.74) is 0.395. The average Bonchev–Trinajstić information content (AvgIpc) is 2.23. The number of anilines is 1. The van der Waals surface area contributed by atoms with Gasteiger partial charge >= 0.3 is 11.9 Å². The molecule has 7 heteroatoms. The van der Waals surface area contributed by atoms with Gasteiger partial charge in [0.2, 0.25) is 0 Å². The molecule has 4 nitrogen and oxygen atoms in total. The molecule has 0 unspecified atom stereocenters. The van der Waals surface area contributed by atoms with E-state index in [9.17, 15) is 14.0 Å². The van der Waals surface area contributed by atoms with Crippen molar-refractivity contribution in [3.63, 3.8) is 0 Å². The predicted octanol–water partition coefficient (Wildman–Crippen LogP) is 2.02. The molecule has 0 atom stereocenters. The van der Waals surface area contributed by atoms with Crippen molar-refractivity contribution in [2.45, 2.75) is 0 Å². The first-order chi connectivity index (χ1) is 7.97. The highest BCUT2D eigenvalue weighted by Gasteiger charge is 2.25. The second-order valence-electron chi connectivity index (χ2n) is 3.43. The lowest BCUT2D eigenvalue weighted by Crippen LogP contribution is -2.43. The second kappa shape index (κ2) is 4.50. The predicted molar refractivity (Wildman–Crippen MR) is 59.7 cm³/mol. The molecule has 1 aromatic rings. The number of halogens is 3. The zero-order valence-electron chi connectivity index (χ0n) is 8.37. The minimum Gasteiger partial charge on any atom is -0.390 e. The van der Waals surface area contributed by atoms with E-state index in [0.717, 1.165) is 0 Å². The number of esters is 2. The summed E-state index contributed by atoms with van der Waals surface area (Å²) < 4.78 is 17.6. The number of benzene rings is 1. The molecule has 2 rings (SSSR count). The Morgan fingerprint density at radius 2 is 1.59 bits per heavy atom. The standard InChI is InChI=1S/C10H6Cl2FNO3/c11-6-1-5(2-7(12)10(6)13)14-3-8(15)17-9(16)4-14/h1-2H,3-4H2. The molecule has 1 aliphatic rings. The topological polar surface area (TPSA) is 46.6 Å². The number of hydrogen-bond donors (Lipinski definition) is 0. The summed E-state index contributed by atoms with van der Waals surface area (Å²) in [6.45, 7) is -0.214. The van der Waals surface area contributed by atoms with Crippen LogP contribution in [-0.2, 0) is 14.3 Å². The molecule has 0 aromatic heterocycles. The number of rotatable bonds is 1. The highest BCUT2D eigenvalue weighted by molar-refractivity contribution is 6.35. The molecule has 1 saturated heterocycles. The normalized spacial score (nSPS) is 16.1. The second-order valence-corrected chi connectivity index (χ2v) is 4.24. The van der Waals surface area contributed by atoms with Crippen LogP contribution >= 0.6 is 23.2 Å². The van der Waals surface area contributed by atoms with Crippen LogP contribution < -0.4 is 4.90 Å². The maximum absolute atomic E-state index is 13.2. The van der Waals surface area contributed by atoms with Gasteiger partial charge in [-0.25, -0.2) is 14.0 Å². The van der Waals surface area contributed by atoms with E-state index in [2.05, 4.69) is 4.74 Å². The first-order valence-corrected chi connectivity index (χ1v) is 5.36. The number of cyclic esters (lactones) is 2. The Hall–Kier alpha value is -1.33. The van der Waals surface area contributed by atoms with Crippen LogP contribution in [0.2, 0.25) is 10.0 Å². The zero-order chi connectivity index (χ0) is 12.6. The van der Waals surface area contributed by atoms with E-state index in [1.54, 1.807) is 0 Å². The molecule has 0 bridgehead atoms. The van der Waals surface area contributed by atoms with Crippen LogP contribution in [0.25, 0.3) is 0 Å². The summed E-state index contributed by atoms with van der Waals surface area (Å²) in [7, 11) is 0. The molecule has 0 spiro atoms. The van der Waals surface area contributed by atoms with Crippen molar-refractivity contribution in [3.05, 3.63) is 28.0 Å². The van der Waals surface area contributed by atoms with Gasteiger partial charge in [0, 0.05) is 5.69 Å². The Morgan fingerprint density at radius 3 is 2.06 bits per heavy atom. The smallest absolute Gasteiger partial charge is 0.333 e. The number of carbonyl (C=O) groups is 2. The zero-order valence-corrected chi connectivity index (χ0v) is 9.89. The fourth-order valence-electron chi connectivity index (χ4n) is 1.47. The highest BCUT2D eigenvalue weighted by Crippen LogP contribution is 2.29. The van der Waals surface area contributed by atoms with Gasteiger partial charge in [0.15, 0.2) is 5.82 Å². The van der Waals surface area contributed by atoms with Crippen LogP contribution in [0.3, 0.4) is 0 Å². The van der Waals surface area contributed by atoms with Gasteiger partial charge in [-0.05, 0) is 12.1 Å². The average molecular weight is 278 g/mol. The third kappa shape index (κ3) is 2.50. The molecule has 1 fully saturated rings. The molecule has 1 heterocycles. The molecule has 1 aliphatic heterocycles. The summed E-state index contributed by atoms with van der Waals surface area (Å²) >= 11 is 11.2. The first kappa shape index (κ1) is 12.1. The Bertz CT molecular complexity index is 467. The summed E-state index contributed by atoms with van der Waals surface area (Å²) in [5.74, 6) is -2.07. The number of nitrogens with zero attached hydrogens (tertiary/aromatic N) is 1. The van der Waals surface area contributed by atoms with Gasteiger partial charge in [0.1, 0.15) is 13.1 Å². The van der Waals surface area contributed by atoms with Gasteiger partial charge < -0.3 is 9.64 Å². The van der Waals surface area contributed by atoms with E-state index >= 15 is 0 Å². The van der Waals surface area contributed by atoms with Crippen molar-refractivity contribution in [2.24, 2.45) is 0 Å². The fraction of sp³-hybridized carbons (Fsp3) is 0.200. The minimum atomic E-state index is -0.733. The van der Waals surface area contributed by atoms with E-state index < -0.39 is 17.8 Å². The molecular weight excluding hydrogens is 272 g/mol. The monoisotopic (exact) mass is 277 g/mol. The van der Waals surface area contributed by atoms with Crippen molar-refractivity contribution in [3.8, 4) is 0 Å². The van der Waals surface area contributed by atoms with Gasteiger partial charge in [-0.2, -0.15) is 0 Å². The molecule has 0 radical (unpaired) electrons. The van der Waals surface area contributed by atoms with Crippen molar-refractivity contribution >= 4 is 40.8 Å². The molecule has 17 heavy (non-hydrogen) atoms. The van der Waals surface area contributed by atoms with Crippen LogP contribution in [0.4, 0.5) is 10.1 Å².